The molecule has 62 heavy (non-hydrogen) atoms. The average Bonchev–Trinajstić information content (AvgIpc) is 3.24. The average molecular weight is 870 g/mol. The van der Waals surface area contributed by atoms with Gasteiger partial charge in [-0.25, -0.2) is 4.79 Å². The molecule has 0 unspecified atom stereocenters. The zero-order valence-corrected chi connectivity index (χ0v) is 38.5. The Morgan fingerprint density at radius 3 is 2.32 bits per heavy atom. The number of aliphatic hydroxyl groups is 3. The molecule has 3 N–H and O–H groups in total. The van der Waals surface area contributed by atoms with Crippen molar-refractivity contribution in [2.75, 3.05) is 20.8 Å². The third-order valence-corrected chi connectivity index (χ3v) is 13.8. The van der Waals surface area contributed by atoms with Gasteiger partial charge in [-0.1, -0.05) is 64.2 Å². The number of carbonyl (C=O) groups is 5. The zero-order valence-electron chi connectivity index (χ0n) is 38.5. The van der Waals surface area contributed by atoms with Crippen LogP contribution in [-0.2, 0) is 42.9 Å². The van der Waals surface area contributed by atoms with Gasteiger partial charge in [0.25, 0.3) is 11.7 Å². The van der Waals surface area contributed by atoms with E-state index in [0.717, 1.165) is 12.0 Å². The molecule has 0 spiro atoms. The highest BCUT2D eigenvalue weighted by atomic mass is 16.6. The van der Waals surface area contributed by atoms with Gasteiger partial charge in [0, 0.05) is 58.3 Å². The maximum absolute atomic E-state index is 14.2. The van der Waals surface area contributed by atoms with Crippen LogP contribution >= 0.6 is 0 Å². The van der Waals surface area contributed by atoms with Crippen LogP contribution in [-0.4, -0.2) is 119 Å². The largest absolute Gasteiger partial charge is 0.460 e. The normalized spacial score (nSPS) is 38.0. The van der Waals surface area contributed by atoms with Crippen molar-refractivity contribution in [3.05, 3.63) is 47.6 Å². The maximum atomic E-state index is 14.2. The van der Waals surface area contributed by atoms with Gasteiger partial charge in [-0.2, -0.15) is 0 Å². The fourth-order valence-corrected chi connectivity index (χ4v) is 9.51. The molecule has 0 aromatic rings. The number of carbonyl (C=O) groups excluding carboxylic acids is 5. The molecular weight excluding hydrogens is 795 g/mol. The van der Waals surface area contributed by atoms with E-state index in [4.69, 9.17) is 18.9 Å². The fourth-order valence-electron chi connectivity index (χ4n) is 9.51. The number of aliphatic hydroxyl groups excluding tert-OH is 2. The van der Waals surface area contributed by atoms with E-state index in [1.54, 1.807) is 34.1 Å². The van der Waals surface area contributed by atoms with E-state index in [2.05, 4.69) is 0 Å². The van der Waals surface area contributed by atoms with Crippen molar-refractivity contribution in [1.82, 2.24) is 4.90 Å². The number of ether oxygens (including phenoxy) is 4. The second-order valence-electron chi connectivity index (χ2n) is 18.8. The molecule has 1 aliphatic carbocycles. The summed E-state index contributed by atoms with van der Waals surface area (Å²) in [5.74, 6) is -6.65. The van der Waals surface area contributed by atoms with Crippen LogP contribution in [0.15, 0.2) is 47.6 Å². The molecule has 0 aromatic heterocycles. The molecule has 348 valence electrons. The Labute approximate surface area is 369 Å². The van der Waals surface area contributed by atoms with Gasteiger partial charge < -0.3 is 39.2 Å². The minimum atomic E-state index is -2.41. The van der Waals surface area contributed by atoms with Crippen LogP contribution in [0.3, 0.4) is 0 Å². The molecule has 1 saturated carbocycles. The lowest BCUT2D eigenvalue weighted by atomic mass is 9.78. The van der Waals surface area contributed by atoms with Gasteiger partial charge in [-0.3, -0.25) is 19.2 Å². The van der Waals surface area contributed by atoms with Gasteiger partial charge in [0.2, 0.25) is 5.79 Å². The van der Waals surface area contributed by atoms with Crippen LogP contribution in [0.1, 0.15) is 131 Å². The lowest BCUT2D eigenvalue weighted by molar-refractivity contribution is -0.265. The highest BCUT2D eigenvalue weighted by molar-refractivity contribution is 6.39. The Hall–Kier alpha value is -3.33. The first-order valence-corrected chi connectivity index (χ1v) is 23.0. The molecule has 4 aliphatic rings. The predicted molar refractivity (Wildman–Crippen MR) is 234 cm³/mol. The minimum absolute atomic E-state index is 0.0513. The number of hydrogen-bond acceptors (Lipinski definition) is 12. The summed E-state index contributed by atoms with van der Waals surface area (Å²) in [5, 5.41) is 33.3. The van der Waals surface area contributed by atoms with Crippen molar-refractivity contribution in [2.24, 2.45) is 29.6 Å². The van der Waals surface area contributed by atoms with Crippen LogP contribution in [0.5, 0.6) is 0 Å². The van der Waals surface area contributed by atoms with Crippen molar-refractivity contribution < 1.29 is 58.2 Å². The fraction of sp³-hybridized carbons (Fsp3) is 0.735. The van der Waals surface area contributed by atoms with Gasteiger partial charge in [0.1, 0.15) is 23.7 Å². The number of Topliss-reactive ketones (excluding diaryl/α,β-unsaturated/α-hetero) is 3. The van der Waals surface area contributed by atoms with Gasteiger partial charge >= 0.3 is 5.97 Å². The van der Waals surface area contributed by atoms with Gasteiger partial charge in [0.15, 0.2) is 0 Å². The van der Waals surface area contributed by atoms with E-state index >= 15 is 0 Å². The lowest BCUT2D eigenvalue weighted by Crippen LogP contribution is -2.61. The van der Waals surface area contributed by atoms with Crippen molar-refractivity contribution in [3.8, 4) is 0 Å². The molecule has 13 atom stereocenters. The van der Waals surface area contributed by atoms with Gasteiger partial charge in [0.05, 0.1) is 30.5 Å². The Morgan fingerprint density at radius 2 is 1.61 bits per heavy atom. The number of cyclic esters (lactones) is 1. The Morgan fingerprint density at radius 1 is 0.871 bits per heavy atom. The quantitative estimate of drug-likeness (QED) is 0.159. The Bertz CT molecular complexity index is 1670. The molecule has 0 aromatic carbocycles. The first-order valence-electron chi connectivity index (χ1n) is 23.0. The number of amides is 1. The van der Waals surface area contributed by atoms with Crippen LogP contribution < -0.4 is 0 Å². The maximum Gasteiger partial charge on any atom is 0.329 e. The van der Waals surface area contributed by atoms with Crippen molar-refractivity contribution in [2.45, 2.75) is 180 Å². The molecule has 2 saturated heterocycles. The summed E-state index contributed by atoms with van der Waals surface area (Å²) in [4.78, 5) is 70.5. The first-order chi connectivity index (χ1) is 29.4. The summed E-state index contributed by atoms with van der Waals surface area (Å²) in [6.07, 6.45) is 13.0. The highest BCUT2D eigenvalue weighted by Crippen LogP contribution is 2.37. The molecule has 13 heteroatoms. The van der Waals surface area contributed by atoms with E-state index < -0.39 is 65.9 Å². The molecule has 13 nitrogen and oxygen atoms in total. The number of hydrogen-bond donors (Lipinski definition) is 3. The number of methoxy groups -OCH3 is 2. The number of esters is 1. The van der Waals surface area contributed by atoms with E-state index in [1.807, 2.05) is 58.1 Å². The molecule has 0 radical (unpaired) electrons. The smallest absolute Gasteiger partial charge is 0.329 e. The monoisotopic (exact) mass is 870 g/mol. The number of fused-ring (bicyclic) bond motifs is 3. The van der Waals surface area contributed by atoms with Crippen LogP contribution in [0.25, 0.3) is 0 Å². The molecule has 1 amide bonds. The third-order valence-electron chi connectivity index (χ3n) is 13.8. The number of allylic oxidation sites excluding steroid dienone is 6. The predicted octanol–water partition coefficient (Wildman–Crippen LogP) is 6.31. The van der Waals surface area contributed by atoms with Gasteiger partial charge in [-0.05, 0) is 107 Å². The van der Waals surface area contributed by atoms with Crippen LogP contribution in [0.2, 0.25) is 0 Å². The van der Waals surface area contributed by atoms with Gasteiger partial charge in [-0.15, -0.1) is 0 Å². The summed E-state index contributed by atoms with van der Waals surface area (Å²) in [6.45, 7) is 11.2. The summed E-state index contributed by atoms with van der Waals surface area (Å²) in [7, 11) is 3.15. The van der Waals surface area contributed by atoms with Crippen molar-refractivity contribution in [3.63, 3.8) is 0 Å². The molecule has 3 aliphatic heterocycles. The lowest BCUT2D eigenvalue weighted by Gasteiger charge is -2.42. The number of rotatable bonds is 5. The second kappa shape index (κ2) is 24.1. The summed E-state index contributed by atoms with van der Waals surface area (Å²) in [5.41, 5.74) is 1.39. The third kappa shape index (κ3) is 14.1. The molecule has 2 bridgehead atoms. The van der Waals surface area contributed by atoms with E-state index in [-0.39, 0.29) is 73.6 Å². The minimum Gasteiger partial charge on any atom is -0.460 e. The van der Waals surface area contributed by atoms with E-state index in [9.17, 15) is 39.3 Å². The molecular formula is C49H75NO12. The van der Waals surface area contributed by atoms with Crippen LogP contribution in [0.4, 0.5) is 0 Å². The van der Waals surface area contributed by atoms with E-state index in [1.165, 1.54) is 4.90 Å². The summed E-state index contributed by atoms with van der Waals surface area (Å²) >= 11 is 0. The summed E-state index contributed by atoms with van der Waals surface area (Å²) < 4.78 is 23.7. The SMILES string of the molecule is CO[C@H]1C[C@@H]2CC[C@@H](C)[C@@](O)(O2)C(=O)C(=O)N2CCCC[C@H]2C(=O)O[C@H]([C@H](C)C[C@@H]2CC[C@@H](O)[C@H](OC)C2)CC(=O)C/C=C(\C)[C@@H](O)CC(=O)[C@H](C)C[C@H](C)/C=C/C=CC=C1C. The van der Waals surface area contributed by atoms with Crippen LogP contribution in [0, 0.1) is 29.6 Å². The standard InChI is InChI=1S/C49H75NO12/c1-30-14-10-9-11-15-32(3)43(59-7)28-38-21-18-35(6)49(58,62-38)46(55)47(56)50-23-13-12-16-39(50)48(57)61-44(34(5)25-36-19-22-40(52)45(26-36)60-8)27-37(51)20-17-31(2)41(53)29-42(54)33(4)24-30/h9-11,14-15,17,30,33-36,38-41,43-45,52-53,58H,12-13,16,18-29H2,1-8H3/b11-9?,14-10+,31-17+,32-15?/t30-,33-,34-,35-,36+,38+,39+,40-,41+,43+,44+,45-,49-/m1/s1. The first kappa shape index (κ1) is 51.3. The molecule has 4 rings (SSSR count). The van der Waals surface area contributed by atoms with Crippen molar-refractivity contribution in [1.29, 1.82) is 0 Å². The number of ketones is 3. The summed E-state index contributed by atoms with van der Waals surface area (Å²) in [6, 6.07) is -1.12. The van der Waals surface area contributed by atoms with E-state index in [0.29, 0.717) is 63.4 Å². The Balaban J connectivity index is 1.64. The topological polar surface area (TPSA) is 186 Å². The zero-order chi connectivity index (χ0) is 45.7. The number of piperidine rings is 1. The molecule has 3 heterocycles. The Kier molecular flexibility index (Phi) is 19.9. The second-order valence-corrected chi connectivity index (χ2v) is 18.8. The number of nitrogens with zero attached hydrogens (tertiary/aromatic N) is 1. The van der Waals surface area contributed by atoms with Crippen molar-refractivity contribution >= 4 is 29.2 Å². The highest BCUT2D eigenvalue weighted by Gasteiger charge is 2.53. The molecule has 3 fully saturated rings.